The minimum Gasteiger partial charge on any atom is -0.368 e. The van der Waals surface area contributed by atoms with E-state index in [1.807, 2.05) is 63.9 Å². The molecule has 0 aliphatic carbocycles. The second kappa shape index (κ2) is 12.5. The second-order valence-corrected chi connectivity index (χ2v) is 14.9. The third-order valence-corrected chi connectivity index (χ3v) is 11.6. The second-order valence-electron chi connectivity index (χ2n) is 14.9. The van der Waals surface area contributed by atoms with Crippen molar-refractivity contribution in [1.29, 1.82) is 0 Å². The number of aromatic nitrogens is 3. The summed E-state index contributed by atoms with van der Waals surface area (Å²) in [5, 5.41) is 13.5. The molecule has 5 aliphatic heterocycles. The maximum absolute atomic E-state index is 14.8. The molecule has 0 saturated carbocycles. The first-order valence-corrected chi connectivity index (χ1v) is 18.6. The number of aryl methyl sites for hydroxylation is 1. The first kappa shape index (κ1) is 32.1. The van der Waals surface area contributed by atoms with E-state index in [4.69, 9.17) is 9.82 Å². The summed E-state index contributed by atoms with van der Waals surface area (Å²) in [6.45, 7) is 7.42. The third kappa shape index (κ3) is 5.47. The standard InChI is InChI=1S/C41H41N9O3/c1-2-48-38-31(20-43-48)37(44-29-16-10-5-11-17-29)30(19-42-38)32-18-41(53-45-32,39(51)49-33-23-46(24-34(33)49)21-27-12-6-3-7-13-27)40(52)50-35-25-47(26-36(35)50)22-28-14-8-4-9-15-28/h3-17,19-20,33-36H,2,18,21-26H2,1H3,(H,42,44). The molecule has 4 atom stereocenters. The summed E-state index contributed by atoms with van der Waals surface area (Å²) in [5.41, 5.74) is 4.31. The van der Waals surface area contributed by atoms with Gasteiger partial charge in [-0.05, 0) is 30.2 Å². The average molecular weight is 708 g/mol. The van der Waals surface area contributed by atoms with Crippen molar-refractivity contribution in [3.63, 3.8) is 0 Å². The van der Waals surface area contributed by atoms with E-state index in [0.717, 1.165) is 61.7 Å². The first-order chi connectivity index (χ1) is 26.0. The van der Waals surface area contributed by atoms with Crippen LogP contribution in [0.3, 0.4) is 0 Å². The van der Waals surface area contributed by atoms with E-state index in [9.17, 15) is 9.59 Å². The van der Waals surface area contributed by atoms with Crippen molar-refractivity contribution < 1.29 is 14.4 Å². The quantitative estimate of drug-likeness (QED) is 0.170. The summed E-state index contributed by atoms with van der Waals surface area (Å²) in [5.74, 6) is -0.570. The number of hydrogen-bond donors (Lipinski definition) is 1. The lowest BCUT2D eigenvalue weighted by Gasteiger charge is -2.29. The number of anilines is 2. The molecule has 4 saturated heterocycles. The Bertz CT molecular complexity index is 2120. The van der Waals surface area contributed by atoms with Crippen LogP contribution in [0.25, 0.3) is 11.0 Å². The Morgan fingerprint density at radius 1 is 0.755 bits per heavy atom. The Balaban J connectivity index is 0.933. The number of piperazine rings is 2. The van der Waals surface area contributed by atoms with Gasteiger partial charge >= 0.3 is 0 Å². The minimum atomic E-state index is -1.77. The predicted octanol–water partition coefficient (Wildman–Crippen LogP) is 4.25. The van der Waals surface area contributed by atoms with Gasteiger partial charge in [0.25, 0.3) is 17.4 Å². The zero-order valence-electron chi connectivity index (χ0n) is 29.6. The van der Waals surface area contributed by atoms with Gasteiger partial charge in [0.15, 0.2) is 5.65 Å². The lowest BCUT2D eigenvalue weighted by molar-refractivity contribution is -0.166. The van der Waals surface area contributed by atoms with Gasteiger partial charge in [0.1, 0.15) is 0 Å². The van der Waals surface area contributed by atoms with Crippen LogP contribution in [-0.4, -0.2) is 108 Å². The van der Waals surface area contributed by atoms with Crippen LogP contribution in [0.1, 0.15) is 30.0 Å². The summed E-state index contributed by atoms with van der Waals surface area (Å²) in [6, 6.07) is 30.9. The lowest BCUT2D eigenvalue weighted by atomic mass is 9.91. The molecular formula is C41H41N9O3. The van der Waals surface area contributed by atoms with E-state index in [2.05, 4.69) is 73.9 Å². The van der Waals surface area contributed by atoms with Crippen molar-refractivity contribution in [1.82, 2.24) is 34.4 Å². The molecule has 3 aromatic carbocycles. The number of nitrogens with zero attached hydrogens (tertiary/aromatic N) is 8. The van der Waals surface area contributed by atoms with E-state index in [0.29, 0.717) is 17.8 Å². The van der Waals surface area contributed by atoms with Crippen molar-refractivity contribution in [2.45, 2.75) is 62.7 Å². The molecule has 4 fully saturated rings. The van der Waals surface area contributed by atoms with Crippen LogP contribution in [0.5, 0.6) is 0 Å². The van der Waals surface area contributed by atoms with Crippen LogP contribution in [0.4, 0.5) is 11.4 Å². The zero-order chi connectivity index (χ0) is 35.7. The first-order valence-electron chi connectivity index (χ1n) is 18.6. The van der Waals surface area contributed by atoms with Gasteiger partial charge in [-0.3, -0.25) is 19.4 Å². The molecule has 53 heavy (non-hydrogen) atoms. The smallest absolute Gasteiger partial charge is 0.297 e. The van der Waals surface area contributed by atoms with E-state index >= 15 is 0 Å². The summed E-state index contributed by atoms with van der Waals surface area (Å²) in [6.07, 6.45) is 3.59. The molecule has 12 heteroatoms. The number of rotatable bonds is 10. The number of oxime groups is 1. The van der Waals surface area contributed by atoms with Crippen LogP contribution in [0.2, 0.25) is 0 Å². The molecule has 2 amide bonds. The number of fused-ring (bicyclic) bond motifs is 3. The number of carbonyl (C=O) groups excluding carboxylic acids is 2. The molecule has 4 unspecified atom stereocenters. The van der Waals surface area contributed by atoms with E-state index < -0.39 is 5.60 Å². The number of likely N-dealkylation sites (tertiary alicyclic amines) is 2. The maximum atomic E-state index is 14.8. The van der Waals surface area contributed by atoms with Gasteiger partial charge < -0.3 is 20.0 Å². The number of hydrogen-bond acceptors (Lipinski definition) is 9. The molecule has 268 valence electrons. The molecule has 2 aromatic heterocycles. The summed E-state index contributed by atoms with van der Waals surface area (Å²) in [4.78, 5) is 49.2. The van der Waals surface area contributed by atoms with Crippen molar-refractivity contribution in [3.05, 3.63) is 120 Å². The van der Waals surface area contributed by atoms with Gasteiger partial charge in [0.05, 0.1) is 53.6 Å². The fourth-order valence-corrected chi connectivity index (χ4v) is 8.85. The Hall–Kier alpha value is -5.59. The van der Waals surface area contributed by atoms with Crippen LogP contribution < -0.4 is 5.32 Å². The fraction of sp³-hybridized carbons (Fsp3) is 0.341. The Morgan fingerprint density at radius 2 is 1.28 bits per heavy atom. The SMILES string of the molecule is CCn1ncc2c(Nc3ccccc3)c(C3=NOC(C(=O)N4C5CN(Cc6ccccc6)CC54)(C(=O)N4C5CN(Cc6ccccc6)CC54)C3)cnc21. The van der Waals surface area contributed by atoms with Gasteiger partial charge in [-0.1, -0.05) is 84.0 Å². The molecule has 5 aliphatic rings. The molecule has 0 bridgehead atoms. The topological polar surface area (TPSA) is 111 Å². The van der Waals surface area contributed by atoms with Crippen LogP contribution in [-0.2, 0) is 34.1 Å². The number of carbonyl (C=O) groups is 2. The molecular weight excluding hydrogens is 667 g/mol. The van der Waals surface area contributed by atoms with Crippen molar-refractivity contribution in [2.24, 2.45) is 5.16 Å². The highest BCUT2D eigenvalue weighted by Crippen LogP contribution is 2.46. The molecule has 5 aromatic rings. The predicted molar refractivity (Wildman–Crippen MR) is 200 cm³/mol. The number of nitrogens with one attached hydrogen (secondary N) is 1. The van der Waals surface area contributed by atoms with Gasteiger partial charge in [-0.2, -0.15) is 5.10 Å². The Kier molecular flexibility index (Phi) is 7.58. The molecule has 0 radical (unpaired) electrons. The van der Waals surface area contributed by atoms with Gasteiger partial charge in [-0.25, -0.2) is 9.67 Å². The van der Waals surface area contributed by atoms with E-state index in [1.54, 1.807) is 12.4 Å². The summed E-state index contributed by atoms with van der Waals surface area (Å²) in [7, 11) is 0. The fourth-order valence-electron chi connectivity index (χ4n) is 8.85. The summed E-state index contributed by atoms with van der Waals surface area (Å²) < 4.78 is 1.85. The van der Waals surface area contributed by atoms with Crippen molar-refractivity contribution in [3.8, 4) is 0 Å². The molecule has 0 spiro atoms. The highest BCUT2D eigenvalue weighted by molar-refractivity contribution is 6.19. The van der Waals surface area contributed by atoms with E-state index in [1.165, 1.54) is 11.1 Å². The molecule has 12 nitrogen and oxygen atoms in total. The van der Waals surface area contributed by atoms with Crippen LogP contribution in [0.15, 0.2) is 109 Å². The van der Waals surface area contributed by atoms with Crippen LogP contribution in [0, 0.1) is 0 Å². The molecule has 7 heterocycles. The lowest BCUT2D eigenvalue weighted by Crippen LogP contribution is -2.55. The highest BCUT2D eigenvalue weighted by atomic mass is 16.7. The summed E-state index contributed by atoms with van der Waals surface area (Å²) >= 11 is 0. The number of para-hydroxylation sites is 1. The van der Waals surface area contributed by atoms with Crippen molar-refractivity contribution >= 4 is 39.9 Å². The van der Waals surface area contributed by atoms with Gasteiger partial charge in [0, 0.05) is 63.3 Å². The minimum absolute atomic E-state index is 0.0244. The van der Waals surface area contributed by atoms with Gasteiger partial charge in [-0.15, -0.1) is 0 Å². The van der Waals surface area contributed by atoms with E-state index in [-0.39, 0.29) is 42.4 Å². The molecule has 1 N–H and O–H groups in total. The number of pyridine rings is 1. The number of amides is 2. The number of benzene rings is 3. The zero-order valence-corrected chi connectivity index (χ0v) is 29.6. The Morgan fingerprint density at radius 3 is 1.81 bits per heavy atom. The van der Waals surface area contributed by atoms with Gasteiger partial charge in [0.2, 0.25) is 0 Å². The molecule has 10 rings (SSSR count). The normalized spacial score (nSPS) is 25.9. The highest BCUT2D eigenvalue weighted by Gasteiger charge is 2.70. The average Bonchev–Trinajstić information content (AvgIpc) is 3.62. The largest absolute Gasteiger partial charge is 0.368 e. The maximum Gasteiger partial charge on any atom is 0.297 e. The van der Waals surface area contributed by atoms with Crippen molar-refractivity contribution in [2.75, 3.05) is 31.5 Å². The monoisotopic (exact) mass is 707 g/mol. The Labute approximate surface area is 307 Å². The third-order valence-electron chi connectivity index (χ3n) is 11.6. The van der Waals surface area contributed by atoms with Crippen LogP contribution >= 0.6 is 0 Å².